The van der Waals surface area contributed by atoms with Crippen LogP contribution in [0, 0.1) is 0 Å². The molecule has 0 spiro atoms. The minimum absolute atomic E-state index is 0.102. The van der Waals surface area contributed by atoms with Crippen molar-refractivity contribution < 1.29 is 9.53 Å². The van der Waals surface area contributed by atoms with Gasteiger partial charge in [0.05, 0.1) is 19.0 Å². The molecule has 9 heteroatoms. The molecule has 0 atom stereocenters. The van der Waals surface area contributed by atoms with Crippen LogP contribution in [-0.4, -0.2) is 52.7 Å². The number of thioether (sulfide) groups is 1. The van der Waals surface area contributed by atoms with Crippen LogP contribution in [0.25, 0.3) is 11.4 Å². The van der Waals surface area contributed by atoms with Crippen molar-refractivity contribution in [3.05, 3.63) is 66.2 Å². The van der Waals surface area contributed by atoms with Crippen LogP contribution in [0.1, 0.15) is 0 Å². The van der Waals surface area contributed by atoms with Gasteiger partial charge in [0.2, 0.25) is 5.91 Å². The third-order valence-corrected chi connectivity index (χ3v) is 6.21. The fourth-order valence-electron chi connectivity index (χ4n) is 3.41. The highest BCUT2D eigenvalue weighted by Crippen LogP contribution is 2.26. The Morgan fingerprint density at radius 1 is 1.12 bits per heavy atom. The second-order valence-corrected chi connectivity index (χ2v) is 8.57. The van der Waals surface area contributed by atoms with Crippen LogP contribution in [0.3, 0.4) is 0 Å². The summed E-state index contributed by atoms with van der Waals surface area (Å²) in [6.45, 7) is 7.61. The van der Waals surface area contributed by atoms with E-state index in [1.54, 1.807) is 6.08 Å². The number of allylic oxidation sites excluding steroid dienone is 1. The van der Waals surface area contributed by atoms with Crippen molar-refractivity contribution in [3.8, 4) is 11.4 Å². The van der Waals surface area contributed by atoms with Crippen LogP contribution in [0.5, 0.6) is 0 Å². The monoisotopic (exact) mass is 469 g/mol. The van der Waals surface area contributed by atoms with E-state index >= 15 is 0 Å². The van der Waals surface area contributed by atoms with Gasteiger partial charge in [-0.15, -0.1) is 16.8 Å². The van der Waals surface area contributed by atoms with E-state index < -0.39 is 0 Å². The van der Waals surface area contributed by atoms with E-state index in [2.05, 4.69) is 27.0 Å². The predicted molar refractivity (Wildman–Crippen MR) is 129 cm³/mol. The molecule has 1 aromatic heterocycles. The van der Waals surface area contributed by atoms with Gasteiger partial charge in [-0.05, 0) is 48.5 Å². The molecule has 0 saturated carbocycles. The van der Waals surface area contributed by atoms with Crippen molar-refractivity contribution >= 4 is 40.6 Å². The van der Waals surface area contributed by atoms with Crippen LogP contribution in [0.15, 0.2) is 66.3 Å². The first kappa shape index (κ1) is 22.4. The van der Waals surface area contributed by atoms with Gasteiger partial charge in [-0.25, -0.2) is 0 Å². The largest absolute Gasteiger partial charge is 0.378 e. The Morgan fingerprint density at radius 2 is 1.84 bits per heavy atom. The minimum atomic E-state index is -0.102. The van der Waals surface area contributed by atoms with Gasteiger partial charge in [0, 0.05) is 41.6 Å². The standard InChI is InChI=1S/C23H24ClN5O2S/c1-2-11-29-22(17-3-5-18(24)6-4-17)26-27-23(29)32-16-21(30)25-19-7-9-20(10-8-19)28-12-14-31-15-13-28/h2-10H,1,11-16H2,(H,25,30). The summed E-state index contributed by atoms with van der Waals surface area (Å²) in [6.07, 6.45) is 1.78. The first-order valence-corrected chi connectivity index (χ1v) is 11.7. The third-order valence-electron chi connectivity index (χ3n) is 4.99. The molecule has 166 valence electrons. The number of nitrogens with zero attached hydrogens (tertiary/aromatic N) is 4. The Kier molecular flexibility index (Phi) is 7.47. The maximum absolute atomic E-state index is 12.5. The number of carbonyl (C=O) groups is 1. The lowest BCUT2D eigenvalue weighted by atomic mass is 10.2. The second kappa shape index (κ2) is 10.7. The smallest absolute Gasteiger partial charge is 0.234 e. The Labute approximate surface area is 196 Å². The Hall–Kier alpha value is -2.81. The molecule has 0 bridgehead atoms. The molecule has 4 rings (SSSR count). The molecule has 0 radical (unpaired) electrons. The van der Waals surface area contributed by atoms with Crippen LogP contribution in [0.4, 0.5) is 11.4 Å². The molecule has 1 aliphatic heterocycles. The zero-order valence-corrected chi connectivity index (χ0v) is 19.1. The molecular formula is C23H24ClN5O2S. The fraction of sp³-hybridized carbons (Fsp3) is 0.261. The number of carbonyl (C=O) groups excluding carboxylic acids is 1. The molecule has 0 unspecified atom stereocenters. The zero-order valence-electron chi connectivity index (χ0n) is 17.5. The number of anilines is 2. The number of rotatable bonds is 8. The number of benzene rings is 2. The summed E-state index contributed by atoms with van der Waals surface area (Å²) < 4.78 is 7.33. The summed E-state index contributed by atoms with van der Waals surface area (Å²) in [5, 5.41) is 12.8. The Bertz CT molecular complexity index is 1060. The Balaban J connectivity index is 1.37. The first-order chi connectivity index (χ1) is 15.6. The maximum Gasteiger partial charge on any atom is 0.234 e. The van der Waals surface area contributed by atoms with E-state index in [1.165, 1.54) is 11.8 Å². The van der Waals surface area contributed by atoms with Gasteiger partial charge in [0.15, 0.2) is 11.0 Å². The number of ether oxygens (including phenoxy) is 1. The molecule has 1 amide bonds. The van der Waals surface area contributed by atoms with Gasteiger partial charge in [-0.1, -0.05) is 29.4 Å². The number of morpholine rings is 1. The van der Waals surface area contributed by atoms with Crippen molar-refractivity contribution in [2.24, 2.45) is 0 Å². The number of aromatic nitrogens is 3. The summed E-state index contributed by atoms with van der Waals surface area (Å²) in [7, 11) is 0. The summed E-state index contributed by atoms with van der Waals surface area (Å²) in [6, 6.07) is 15.3. The molecule has 1 saturated heterocycles. The van der Waals surface area contributed by atoms with Gasteiger partial charge in [-0.2, -0.15) is 0 Å². The lowest BCUT2D eigenvalue weighted by Gasteiger charge is -2.28. The van der Waals surface area contributed by atoms with E-state index in [-0.39, 0.29) is 11.7 Å². The molecule has 0 aliphatic carbocycles. The van der Waals surface area contributed by atoms with Crippen molar-refractivity contribution in [2.45, 2.75) is 11.7 Å². The van der Waals surface area contributed by atoms with Gasteiger partial charge in [0.25, 0.3) is 0 Å². The molecule has 2 heterocycles. The fourth-order valence-corrected chi connectivity index (χ4v) is 4.28. The highest BCUT2D eigenvalue weighted by atomic mass is 35.5. The van der Waals surface area contributed by atoms with E-state index in [9.17, 15) is 4.79 Å². The van der Waals surface area contributed by atoms with Crippen LogP contribution in [0.2, 0.25) is 5.02 Å². The summed E-state index contributed by atoms with van der Waals surface area (Å²) in [4.78, 5) is 14.8. The zero-order chi connectivity index (χ0) is 22.3. The number of amides is 1. The molecule has 2 aromatic carbocycles. The molecule has 1 N–H and O–H groups in total. The lowest BCUT2D eigenvalue weighted by Crippen LogP contribution is -2.36. The maximum atomic E-state index is 12.5. The van der Waals surface area contributed by atoms with Gasteiger partial charge < -0.3 is 15.0 Å². The van der Waals surface area contributed by atoms with Gasteiger partial charge in [-0.3, -0.25) is 9.36 Å². The normalized spacial score (nSPS) is 13.7. The highest BCUT2D eigenvalue weighted by molar-refractivity contribution is 7.99. The number of hydrogen-bond donors (Lipinski definition) is 1. The van der Waals surface area contributed by atoms with E-state index in [1.807, 2.05) is 53.1 Å². The molecule has 1 fully saturated rings. The quantitative estimate of drug-likeness (QED) is 0.390. The summed E-state index contributed by atoms with van der Waals surface area (Å²) >= 11 is 7.33. The Morgan fingerprint density at radius 3 is 2.53 bits per heavy atom. The second-order valence-electron chi connectivity index (χ2n) is 7.20. The van der Waals surface area contributed by atoms with Crippen molar-refractivity contribution in [2.75, 3.05) is 42.3 Å². The van der Waals surface area contributed by atoms with Gasteiger partial charge in [0.1, 0.15) is 0 Å². The van der Waals surface area contributed by atoms with Crippen LogP contribution >= 0.6 is 23.4 Å². The first-order valence-electron chi connectivity index (χ1n) is 10.3. The summed E-state index contributed by atoms with van der Waals surface area (Å²) in [5.41, 5.74) is 2.80. The van der Waals surface area contributed by atoms with Crippen molar-refractivity contribution in [3.63, 3.8) is 0 Å². The minimum Gasteiger partial charge on any atom is -0.378 e. The predicted octanol–water partition coefficient (Wildman–Crippen LogP) is 4.35. The number of halogens is 1. The topological polar surface area (TPSA) is 72.3 Å². The highest BCUT2D eigenvalue weighted by Gasteiger charge is 2.15. The third kappa shape index (κ3) is 5.51. The van der Waals surface area contributed by atoms with Crippen molar-refractivity contribution in [1.29, 1.82) is 0 Å². The molecule has 7 nitrogen and oxygen atoms in total. The van der Waals surface area contributed by atoms with Crippen LogP contribution in [-0.2, 0) is 16.1 Å². The summed E-state index contributed by atoms with van der Waals surface area (Å²) in [5.74, 6) is 0.833. The number of nitrogens with one attached hydrogen (secondary N) is 1. The van der Waals surface area contributed by atoms with Crippen LogP contribution < -0.4 is 10.2 Å². The van der Waals surface area contributed by atoms with E-state index in [4.69, 9.17) is 16.3 Å². The average Bonchev–Trinajstić information content (AvgIpc) is 3.22. The molecule has 3 aromatic rings. The molecule has 32 heavy (non-hydrogen) atoms. The van der Waals surface area contributed by atoms with Gasteiger partial charge >= 0.3 is 0 Å². The van der Waals surface area contributed by atoms with Crippen molar-refractivity contribution in [1.82, 2.24) is 14.8 Å². The molecule has 1 aliphatic rings. The number of hydrogen-bond acceptors (Lipinski definition) is 6. The van der Waals surface area contributed by atoms with E-state index in [0.29, 0.717) is 22.5 Å². The van der Waals surface area contributed by atoms with E-state index in [0.717, 1.165) is 43.2 Å². The average molecular weight is 470 g/mol. The molecular weight excluding hydrogens is 446 g/mol. The SMILES string of the molecule is C=CCn1c(SCC(=O)Nc2ccc(N3CCOCC3)cc2)nnc1-c1ccc(Cl)cc1. The lowest BCUT2D eigenvalue weighted by molar-refractivity contribution is -0.113.